The van der Waals surface area contributed by atoms with E-state index in [-0.39, 0.29) is 21.7 Å². The molecule has 0 fully saturated rings. The van der Waals surface area contributed by atoms with Gasteiger partial charge >= 0.3 is 40.7 Å². The standard InChI is InChI=1S/Ce.3FH.Ti/h;3*1H;/q+3;;;;/p-3. The number of hydrogen-bond donors (Lipinski definition) is 0. The van der Waals surface area contributed by atoms with E-state index in [4.69, 9.17) is 0 Å². The Morgan fingerprint density at radius 3 is 1.00 bits per heavy atom. The molecule has 0 N–H and O–H groups in total. The van der Waals surface area contributed by atoms with Crippen LogP contribution in [0.3, 0.4) is 0 Å². The SMILES string of the molecule is [F][Ce]([F])[F].[Ti]. The van der Waals surface area contributed by atoms with Crippen LogP contribution in [-0.4, -0.2) is 0 Å². The number of halogens is 3. The number of rotatable bonds is 0. The Morgan fingerprint density at radius 2 is 1.00 bits per heavy atom. The Balaban J connectivity index is 0. The third-order valence-corrected chi connectivity index (χ3v) is 0. The molecule has 0 aliphatic rings. The molecule has 0 unspecified atom stereocenters. The molecule has 0 radical (unpaired) electrons. The van der Waals surface area contributed by atoms with E-state index in [9.17, 15) is 2.73 Å². The van der Waals surface area contributed by atoms with Crippen molar-refractivity contribution in [2.75, 3.05) is 0 Å². The zero-order valence-corrected chi connectivity index (χ0v) is 6.84. The molecule has 5 heteroatoms. The van der Waals surface area contributed by atoms with Crippen LogP contribution in [-0.2, 0) is 21.7 Å². The summed E-state index contributed by atoms with van der Waals surface area (Å²) < 4.78 is 29.6. The Labute approximate surface area is 61.3 Å². The molecule has 0 nitrogen and oxygen atoms in total. The zero-order chi connectivity index (χ0) is 3.58. The van der Waals surface area contributed by atoms with Gasteiger partial charge in [0.25, 0.3) is 0 Å². The Kier molecular flexibility index (Phi) is 11.7. The molecule has 5 heavy (non-hydrogen) atoms. The molecule has 0 rings (SSSR count). The van der Waals surface area contributed by atoms with Crippen LogP contribution in [0.2, 0.25) is 0 Å². The van der Waals surface area contributed by atoms with Crippen molar-refractivity contribution in [1.82, 2.24) is 0 Å². The second kappa shape index (κ2) is 5.88. The molecule has 0 bridgehead atoms. The van der Waals surface area contributed by atoms with Gasteiger partial charge in [-0.15, -0.1) is 0 Å². The van der Waals surface area contributed by atoms with E-state index >= 15 is 0 Å². The van der Waals surface area contributed by atoms with E-state index < -0.39 is 37.9 Å². The van der Waals surface area contributed by atoms with Gasteiger partial charge in [0.15, 0.2) is 0 Å². The molecule has 0 aromatic rings. The van der Waals surface area contributed by atoms with Crippen LogP contribution in [0, 0.1) is 37.9 Å². The maximum Gasteiger partial charge on any atom is 0 e. The van der Waals surface area contributed by atoms with E-state index in [1.807, 2.05) is 0 Å². The summed E-state index contributed by atoms with van der Waals surface area (Å²) in [6, 6.07) is 0. The van der Waals surface area contributed by atoms with Crippen LogP contribution < -0.4 is 0 Å². The third-order valence-electron chi connectivity index (χ3n) is 0. The van der Waals surface area contributed by atoms with Gasteiger partial charge in [-0.25, -0.2) is 0 Å². The minimum absolute atomic E-state index is 0. The van der Waals surface area contributed by atoms with Crippen LogP contribution in [0.25, 0.3) is 0 Å². The number of hydrogen-bond acceptors (Lipinski definition) is 0. The van der Waals surface area contributed by atoms with Gasteiger partial charge in [-0.2, -0.15) is 0 Å². The van der Waals surface area contributed by atoms with E-state index in [0.29, 0.717) is 0 Å². The normalized spacial score (nSPS) is 5.40. The molecule has 0 heterocycles. The van der Waals surface area contributed by atoms with Crippen LogP contribution in [0.15, 0.2) is 0 Å². The first-order valence-corrected chi connectivity index (χ1v) is 4.13. The first-order valence-electron chi connectivity index (χ1n) is 0.567. The fourth-order valence-electron chi connectivity index (χ4n) is 0. The maximum absolute atomic E-state index is 9.88. The Morgan fingerprint density at radius 1 is 1.00 bits per heavy atom. The quantitative estimate of drug-likeness (QED) is 0.563. The summed E-state index contributed by atoms with van der Waals surface area (Å²) in [5.41, 5.74) is 0. The van der Waals surface area contributed by atoms with Gasteiger partial charge in [-0.1, -0.05) is 0 Å². The van der Waals surface area contributed by atoms with Crippen molar-refractivity contribution < 1.29 is 62.4 Å². The summed E-state index contributed by atoms with van der Waals surface area (Å²) in [5.74, 6) is 0. The zero-order valence-electron chi connectivity index (χ0n) is 2.13. The summed E-state index contributed by atoms with van der Waals surface area (Å²) in [4.78, 5) is 0. The van der Waals surface area contributed by atoms with Gasteiger partial charge in [0.2, 0.25) is 0 Å². The molecule has 0 amide bonds. The monoisotopic (exact) mass is 245 g/mol. The van der Waals surface area contributed by atoms with Crippen LogP contribution in [0.5, 0.6) is 0 Å². The predicted molar refractivity (Wildman–Crippen MR) is 3.32 cm³/mol. The van der Waals surface area contributed by atoms with Gasteiger partial charge in [0.05, 0.1) is 0 Å². The molecule has 0 saturated carbocycles. The van der Waals surface area contributed by atoms with E-state index in [2.05, 4.69) is 0 Å². The van der Waals surface area contributed by atoms with Crippen molar-refractivity contribution in [3.63, 3.8) is 0 Å². The van der Waals surface area contributed by atoms with Gasteiger partial charge in [0, 0.05) is 21.7 Å². The molecule has 0 aliphatic heterocycles. The molecular weight excluding hydrogens is 245 g/mol. The van der Waals surface area contributed by atoms with E-state index in [0.717, 1.165) is 0 Å². The smallest absolute Gasteiger partial charge is 0 e. The Bertz CT molecular complexity index is 11.6. The molecule has 29 valence electrons. The van der Waals surface area contributed by atoms with Gasteiger partial charge in [-0.3, -0.25) is 0 Å². The summed E-state index contributed by atoms with van der Waals surface area (Å²) >= 11 is -5.16. The van der Waals surface area contributed by atoms with Crippen molar-refractivity contribution in [3.05, 3.63) is 0 Å². The molecule has 0 aromatic carbocycles. The average molecular weight is 245 g/mol. The van der Waals surface area contributed by atoms with Crippen molar-refractivity contribution in [2.24, 2.45) is 0 Å². The largest absolute Gasteiger partial charge is 0 e. The first kappa shape index (κ1) is 9.99. The summed E-state index contributed by atoms with van der Waals surface area (Å²) in [6.07, 6.45) is 0. The summed E-state index contributed by atoms with van der Waals surface area (Å²) in [6.45, 7) is 0. The first-order chi connectivity index (χ1) is 1.73. The fraction of sp³-hybridized carbons (Fsp3) is 0. The molecule has 0 atom stereocenters. The summed E-state index contributed by atoms with van der Waals surface area (Å²) in [7, 11) is 0. The van der Waals surface area contributed by atoms with Gasteiger partial charge in [-0.05, 0) is 0 Å². The van der Waals surface area contributed by atoms with Crippen LogP contribution in [0.1, 0.15) is 0 Å². The molecule has 0 spiro atoms. The van der Waals surface area contributed by atoms with Gasteiger partial charge < -0.3 is 0 Å². The molecule has 0 aromatic heterocycles. The Hall–Kier alpha value is 1.88. The fourth-order valence-corrected chi connectivity index (χ4v) is 0. The summed E-state index contributed by atoms with van der Waals surface area (Å²) in [5, 5.41) is 0. The van der Waals surface area contributed by atoms with E-state index in [1.165, 1.54) is 0 Å². The second-order valence-electron chi connectivity index (χ2n) is 0.214. The van der Waals surface area contributed by atoms with E-state index in [1.54, 1.807) is 0 Å². The van der Waals surface area contributed by atoms with Crippen LogP contribution in [0.4, 0.5) is 2.73 Å². The van der Waals surface area contributed by atoms with Gasteiger partial charge in [0.1, 0.15) is 0 Å². The van der Waals surface area contributed by atoms with Crippen molar-refractivity contribution in [1.29, 1.82) is 0 Å². The minimum atomic E-state index is -5.16. The second-order valence-corrected chi connectivity index (χ2v) is 1.56. The molecule has 0 aliphatic carbocycles. The van der Waals surface area contributed by atoms with Crippen molar-refractivity contribution >= 4 is 0 Å². The third kappa shape index (κ3) is 25.0. The minimum Gasteiger partial charge on any atom is 0 e. The average Bonchev–Trinajstić information content (AvgIpc) is 0.811. The molecule has 0 saturated heterocycles. The predicted octanol–water partition coefficient (Wildman–Crippen LogP) is 1.26. The van der Waals surface area contributed by atoms with Crippen LogP contribution >= 0.6 is 0 Å². The van der Waals surface area contributed by atoms with Crippen molar-refractivity contribution in [2.45, 2.75) is 0 Å². The molecular formula is CeF3Ti. The maximum atomic E-state index is 9.88. The topological polar surface area (TPSA) is 0 Å². The van der Waals surface area contributed by atoms with Crippen molar-refractivity contribution in [3.8, 4) is 0 Å².